The van der Waals surface area contributed by atoms with E-state index in [-0.39, 0.29) is 6.04 Å². The second-order valence-electron chi connectivity index (χ2n) is 3.89. The summed E-state index contributed by atoms with van der Waals surface area (Å²) in [4.78, 5) is 0. The van der Waals surface area contributed by atoms with Gasteiger partial charge in [0.1, 0.15) is 0 Å². The zero-order valence-corrected chi connectivity index (χ0v) is 10.7. The van der Waals surface area contributed by atoms with Gasteiger partial charge < -0.3 is 5.73 Å². The van der Waals surface area contributed by atoms with E-state index in [1.54, 1.807) is 0 Å². The monoisotopic (exact) mass is 275 g/mol. The smallest absolute Gasteiger partial charge is 0.0554 e. The predicted octanol–water partition coefficient (Wildman–Crippen LogP) is 3.81. The Labute approximate surface area is 104 Å². The van der Waals surface area contributed by atoms with Crippen LogP contribution >= 0.6 is 15.9 Å². The Morgan fingerprint density at radius 3 is 2.50 bits per heavy atom. The minimum atomic E-state index is -0.0568. The van der Waals surface area contributed by atoms with Crippen molar-refractivity contribution < 1.29 is 0 Å². The molecule has 82 valence electrons. The van der Waals surface area contributed by atoms with Crippen LogP contribution in [0.25, 0.3) is 0 Å². The van der Waals surface area contributed by atoms with Crippen LogP contribution in [0.15, 0.2) is 53.0 Å². The third-order valence-corrected chi connectivity index (χ3v) is 3.22. The first-order chi connectivity index (χ1) is 7.68. The number of rotatable bonds is 2. The molecule has 0 aromatic heterocycles. The number of hydrogen-bond acceptors (Lipinski definition) is 1. The van der Waals surface area contributed by atoms with E-state index in [9.17, 15) is 0 Å². The highest BCUT2D eigenvalue weighted by Gasteiger charge is 2.10. The predicted molar refractivity (Wildman–Crippen MR) is 71.4 cm³/mol. The van der Waals surface area contributed by atoms with Crippen LogP contribution in [0.4, 0.5) is 0 Å². The zero-order valence-electron chi connectivity index (χ0n) is 9.15. The molecule has 2 aromatic carbocycles. The van der Waals surface area contributed by atoms with Gasteiger partial charge in [-0.25, -0.2) is 0 Å². The molecule has 0 fully saturated rings. The van der Waals surface area contributed by atoms with Crippen molar-refractivity contribution in [2.24, 2.45) is 5.73 Å². The van der Waals surface area contributed by atoms with Crippen LogP contribution in [0.3, 0.4) is 0 Å². The second-order valence-corrected chi connectivity index (χ2v) is 4.80. The molecule has 0 spiro atoms. The zero-order chi connectivity index (χ0) is 11.5. The summed E-state index contributed by atoms with van der Waals surface area (Å²) in [7, 11) is 0. The average molecular weight is 276 g/mol. The van der Waals surface area contributed by atoms with Crippen molar-refractivity contribution in [2.45, 2.75) is 13.0 Å². The fourth-order valence-electron chi connectivity index (χ4n) is 1.82. The van der Waals surface area contributed by atoms with E-state index in [1.807, 2.05) is 24.3 Å². The van der Waals surface area contributed by atoms with Crippen molar-refractivity contribution in [3.05, 3.63) is 69.7 Å². The van der Waals surface area contributed by atoms with Crippen molar-refractivity contribution in [3.63, 3.8) is 0 Å². The molecule has 2 heteroatoms. The normalized spacial score (nSPS) is 12.4. The van der Waals surface area contributed by atoms with E-state index in [2.05, 4.69) is 47.1 Å². The van der Waals surface area contributed by atoms with E-state index in [0.29, 0.717) is 0 Å². The molecular weight excluding hydrogens is 262 g/mol. The van der Waals surface area contributed by atoms with Gasteiger partial charge in [0, 0.05) is 4.47 Å². The molecule has 0 bridgehead atoms. The van der Waals surface area contributed by atoms with Crippen LogP contribution in [0.1, 0.15) is 22.7 Å². The summed E-state index contributed by atoms with van der Waals surface area (Å²) < 4.78 is 1.06. The maximum absolute atomic E-state index is 6.27. The lowest BCUT2D eigenvalue weighted by atomic mass is 9.96. The molecule has 0 radical (unpaired) electrons. The van der Waals surface area contributed by atoms with Crippen LogP contribution in [0.2, 0.25) is 0 Å². The van der Waals surface area contributed by atoms with Crippen LogP contribution in [0.5, 0.6) is 0 Å². The molecule has 16 heavy (non-hydrogen) atoms. The number of hydrogen-bond donors (Lipinski definition) is 1. The van der Waals surface area contributed by atoms with Gasteiger partial charge >= 0.3 is 0 Å². The Hall–Kier alpha value is -1.12. The van der Waals surface area contributed by atoms with E-state index in [0.717, 1.165) is 10.0 Å². The Kier molecular flexibility index (Phi) is 3.42. The topological polar surface area (TPSA) is 26.0 Å². The van der Waals surface area contributed by atoms with Crippen LogP contribution in [-0.2, 0) is 0 Å². The summed E-state index contributed by atoms with van der Waals surface area (Å²) in [6, 6.07) is 16.3. The van der Waals surface area contributed by atoms with Crippen molar-refractivity contribution in [2.75, 3.05) is 0 Å². The molecule has 1 nitrogen and oxygen atoms in total. The number of aryl methyl sites for hydroxylation is 1. The van der Waals surface area contributed by atoms with Crippen molar-refractivity contribution in [3.8, 4) is 0 Å². The van der Waals surface area contributed by atoms with E-state index in [4.69, 9.17) is 5.73 Å². The molecule has 0 saturated heterocycles. The minimum absolute atomic E-state index is 0.0568. The first kappa shape index (κ1) is 11.4. The lowest BCUT2D eigenvalue weighted by molar-refractivity contribution is 0.861. The first-order valence-electron chi connectivity index (χ1n) is 5.25. The first-order valence-corrected chi connectivity index (χ1v) is 6.04. The molecule has 2 N–H and O–H groups in total. The summed E-state index contributed by atoms with van der Waals surface area (Å²) in [5.74, 6) is 0. The van der Waals surface area contributed by atoms with E-state index >= 15 is 0 Å². The van der Waals surface area contributed by atoms with Crippen molar-refractivity contribution >= 4 is 15.9 Å². The number of halogens is 1. The Morgan fingerprint density at radius 2 is 1.81 bits per heavy atom. The van der Waals surface area contributed by atoms with Gasteiger partial charge in [0.25, 0.3) is 0 Å². The molecule has 0 heterocycles. The van der Waals surface area contributed by atoms with Gasteiger partial charge in [-0.15, -0.1) is 0 Å². The van der Waals surface area contributed by atoms with Crippen LogP contribution in [-0.4, -0.2) is 0 Å². The molecule has 0 aliphatic carbocycles. The molecule has 2 rings (SSSR count). The number of benzene rings is 2. The third kappa shape index (κ3) is 2.34. The van der Waals surface area contributed by atoms with Gasteiger partial charge in [0.2, 0.25) is 0 Å². The maximum Gasteiger partial charge on any atom is 0.0554 e. The molecular formula is C14H14BrN. The van der Waals surface area contributed by atoms with Gasteiger partial charge in [-0.1, -0.05) is 52.3 Å². The number of nitrogens with two attached hydrogens (primary N) is 1. The molecule has 1 atom stereocenters. The summed E-state index contributed by atoms with van der Waals surface area (Å²) in [5.41, 5.74) is 9.81. The fourth-order valence-corrected chi connectivity index (χ4v) is 2.23. The van der Waals surface area contributed by atoms with E-state index in [1.165, 1.54) is 11.1 Å². The van der Waals surface area contributed by atoms with Gasteiger partial charge in [-0.05, 0) is 35.7 Å². The van der Waals surface area contributed by atoms with Crippen LogP contribution in [0, 0.1) is 6.92 Å². The SMILES string of the molecule is Cc1ccccc1C(N)c1cccc(Br)c1. The molecule has 0 saturated carbocycles. The highest BCUT2D eigenvalue weighted by atomic mass is 79.9. The summed E-state index contributed by atoms with van der Waals surface area (Å²) in [5, 5.41) is 0. The Bertz CT molecular complexity index is 494. The van der Waals surface area contributed by atoms with Crippen LogP contribution < -0.4 is 5.73 Å². The van der Waals surface area contributed by atoms with Crippen molar-refractivity contribution in [1.82, 2.24) is 0 Å². The largest absolute Gasteiger partial charge is 0.320 e. The van der Waals surface area contributed by atoms with Crippen molar-refractivity contribution in [1.29, 1.82) is 0 Å². The van der Waals surface area contributed by atoms with Gasteiger partial charge in [0.05, 0.1) is 6.04 Å². The summed E-state index contributed by atoms with van der Waals surface area (Å²) >= 11 is 3.47. The second kappa shape index (κ2) is 4.81. The van der Waals surface area contributed by atoms with Gasteiger partial charge in [-0.3, -0.25) is 0 Å². The molecule has 2 aromatic rings. The standard InChI is InChI=1S/C14H14BrN/c1-10-5-2-3-8-13(10)14(16)11-6-4-7-12(15)9-11/h2-9,14H,16H2,1H3. The highest BCUT2D eigenvalue weighted by Crippen LogP contribution is 2.24. The molecule has 0 aliphatic heterocycles. The minimum Gasteiger partial charge on any atom is -0.320 e. The van der Waals surface area contributed by atoms with Gasteiger partial charge in [0.15, 0.2) is 0 Å². The fraction of sp³-hybridized carbons (Fsp3) is 0.143. The average Bonchev–Trinajstić information content (AvgIpc) is 2.29. The highest BCUT2D eigenvalue weighted by molar-refractivity contribution is 9.10. The molecule has 0 aliphatic rings. The molecule has 0 amide bonds. The Morgan fingerprint density at radius 1 is 1.06 bits per heavy atom. The van der Waals surface area contributed by atoms with E-state index < -0.39 is 0 Å². The lowest BCUT2D eigenvalue weighted by Gasteiger charge is -2.15. The summed E-state index contributed by atoms with van der Waals surface area (Å²) in [6.45, 7) is 2.09. The summed E-state index contributed by atoms with van der Waals surface area (Å²) in [6.07, 6.45) is 0. The maximum atomic E-state index is 6.27. The quantitative estimate of drug-likeness (QED) is 0.887. The molecule has 1 unspecified atom stereocenters. The third-order valence-electron chi connectivity index (χ3n) is 2.73. The lowest BCUT2D eigenvalue weighted by Crippen LogP contribution is -2.13. The van der Waals surface area contributed by atoms with Gasteiger partial charge in [-0.2, -0.15) is 0 Å². The Balaban J connectivity index is 2.39.